The largest absolute Gasteiger partial charge is 0.320 e. The van der Waals surface area contributed by atoms with E-state index < -0.39 is 10.0 Å². The van der Waals surface area contributed by atoms with Crippen LogP contribution in [0.15, 0.2) is 0 Å². The summed E-state index contributed by atoms with van der Waals surface area (Å²) in [6.45, 7) is 4.29. The van der Waals surface area contributed by atoms with Gasteiger partial charge in [-0.15, -0.1) is 0 Å². The highest BCUT2D eigenvalue weighted by Gasteiger charge is 2.28. The maximum Gasteiger partial charge on any atom is 0.214 e. The zero-order valence-electron chi connectivity index (χ0n) is 8.99. The Hall–Kier alpha value is -0.130. The number of nitrogens with zero attached hydrogens (tertiary/aromatic N) is 1. The van der Waals surface area contributed by atoms with Crippen LogP contribution in [0.25, 0.3) is 0 Å². The van der Waals surface area contributed by atoms with Crippen LogP contribution in [0, 0.1) is 5.92 Å². The van der Waals surface area contributed by atoms with Gasteiger partial charge < -0.3 is 5.32 Å². The average molecular weight is 220 g/mol. The van der Waals surface area contributed by atoms with Gasteiger partial charge in [-0.2, -0.15) is 0 Å². The van der Waals surface area contributed by atoms with Crippen molar-refractivity contribution in [1.82, 2.24) is 9.62 Å². The number of rotatable bonds is 5. The van der Waals surface area contributed by atoms with Crippen LogP contribution in [0.4, 0.5) is 0 Å². The number of hydrogen-bond donors (Lipinski definition) is 1. The normalized spacial score (nSPS) is 24.3. The molecule has 1 unspecified atom stereocenters. The second kappa shape index (κ2) is 5.09. The van der Waals surface area contributed by atoms with E-state index in [0.29, 0.717) is 25.4 Å². The van der Waals surface area contributed by atoms with Gasteiger partial charge in [-0.05, 0) is 32.4 Å². The summed E-state index contributed by atoms with van der Waals surface area (Å²) in [5.41, 5.74) is 0. The Morgan fingerprint density at radius 3 is 2.71 bits per heavy atom. The molecular weight excluding hydrogens is 200 g/mol. The zero-order chi connectivity index (χ0) is 10.6. The molecule has 0 aromatic carbocycles. The maximum absolute atomic E-state index is 11.8. The van der Waals surface area contributed by atoms with Gasteiger partial charge in [0, 0.05) is 13.1 Å². The fraction of sp³-hybridized carbons (Fsp3) is 1.00. The molecule has 0 radical (unpaired) electrons. The summed E-state index contributed by atoms with van der Waals surface area (Å²) in [5, 5.41) is 2.96. The van der Waals surface area contributed by atoms with Crippen molar-refractivity contribution in [2.75, 3.05) is 32.4 Å². The van der Waals surface area contributed by atoms with Crippen molar-refractivity contribution in [1.29, 1.82) is 0 Å². The Bertz CT molecular complexity index is 264. The molecule has 0 aliphatic carbocycles. The van der Waals surface area contributed by atoms with Crippen LogP contribution < -0.4 is 5.32 Å². The van der Waals surface area contributed by atoms with Gasteiger partial charge in [0.05, 0.1) is 5.75 Å². The molecule has 0 aromatic heterocycles. The molecule has 84 valence electrons. The van der Waals surface area contributed by atoms with Crippen molar-refractivity contribution in [3.63, 3.8) is 0 Å². The maximum atomic E-state index is 11.8. The molecule has 1 aliphatic rings. The molecule has 1 fully saturated rings. The fourth-order valence-electron chi connectivity index (χ4n) is 1.71. The molecular formula is C9H20N2O2S. The molecule has 1 aliphatic heterocycles. The van der Waals surface area contributed by atoms with E-state index in [1.165, 1.54) is 0 Å². The summed E-state index contributed by atoms with van der Waals surface area (Å²) in [4.78, 5) is 0. The van der Waals surface area contributed by atoms with Crippen molar-refractivity contribution < 1.29 is 8.42 Å². The zero-order valence-corrected chi connectivity index (χ0v) is 9.81. The van der Waals surface area contributed by atoms with E-state index in [1.807, 2.05) is 7.05 Å². The molecule has 1 rings (SSSR count). The summed E-state index contributed by atoms with van der Waals surface area (Å²) >= 11 is 0. The van der Waals surface area contributed by atoms with Crippen LogP contribution in [0.2, 0.25) is 0 Å². The van der Waals surface area contributed by atoms with Gasteiger partial charge in [-0.25, -0.2) is 12.7 Å². The summed E-state index contributed by atoms with van der Waals surface area (Å²) in [7, 11) is -1.13. The van der Waals surface area contributed by atoms with Crippen LogP contribution in [0.3, 0.4) is 0 Å². The highest BCUT2D eigenvalue weighted by atomic mass is 32.2. The van der Waals surface area contributed by atoms with Crippen molar-refractivity contribution in [2.45, 2.75) is 19.8 Å². The minimum absolute atomic E-state index is 0.278. The number of sulfonamides is 1. The first kappa shape index (κ1) is 11.9. The third-order valence-corrected chi connectivity index (χ3v) is 4.53. The average Bonchev–Trinajstić information content (AvgIpc) is 2.53. The first-order valence-corrected chi connectivity index (χ1v) is 6.79. The lowest BCUT2D eigenvalue weighted by atomic mass is 10.2. The van der Waals surface area contributed by atoms with Gasteiger partial charge in [-0.1, -0.05) is 6.92 Å². The minimum atomic E-state index is -2.97. The standard InChI is InChI=1S/C9H20N2O2S/c1-9-4-6-11(8-9)14(12,13)7-3-5-10-2/h9-10H,3-8H2,1-2H3. The summed E-state index contributed by atoms with van der Waals surface area (Å²) < 4.78 is 25.1. The van der Waals surface area contributed by atoms with E-state index in [0.717, 1.165) is 13.0 Å². The van der Waals surface area contributed by atoms with Crippen LogP contribution in [-0.4, -0.2) is 45.2 Å². The second-order valence-corrected chi connectivity index (χ2v) is 6.11. The van der Waals surface area contributed by atoms with Crippen molar-refractivity contribution in [3.05, 3.63) is 0 Å². The smallest absolute Gasteiger partial charge is 0.214 e. The molecule has 0 bridgehead atoms. The second-order valence-electron chi connectivity index (χ2n) is 4.02. The van der Waals surface area contributed by atoms with Gasteiger partial charge >= 0.3 is 0 Å². The molecule has 0 saturated carbocycles. The lowest BCUT2D eigenvalue weighted by Gasteiger charge is -2.15. The topological polar surface area (TPSA) is 49.4 Å². The predicted molar refractivity (Wildman–Crippen MR) is 57.7 cm³/mol. The molecule has 1 N–H and O–H groups in total. The Morgan fingerprint density at radius 1 is 1.50 bits per heavy atom. The third-order valence-electron chi connectivity index (χ3n) is 2.61. The molecule has 1 heterocycles. The summed E-state index contributed by atoms with van der Waals surface area (Å²) in [6.07, 6.45) is 1.70. The van der Waals surface area contributed by atoms with Gasteiger partial charge in [0.15, 0.2) is 0 Å². The predicted octanol–water partition coefficient (Wildman–Crippen LogP) is 0.268. The van der Waals surface area contributed by atoms with Gasteiger partial charge in [0.2, 0.25) is 10.0 Å². The molecule has 1 saturated heterocycles. The first-order valence-electron chi connectivity index (χ1n) is 5.18. The van der Waals surface area contributed by atoms with Crippen molar-refractivity contribution in [2.24, 2.45) is 5.92 Å². The molecule has 1 atom stereocenters. The summed E-state index contributed by atoms with van der Waals surface area (Å²) in [5.74, 6) is 0.801. The third kappa shape index (κ3) is 3.22. The Labute approximate surface area is 86.7 Å². The van der Waals surface area contributed by atoms with Crippen LogP contribution >= 0.6 is 0 Å². The lowest BCUT2D eigenvalue weighted by molar-refractivity contribution is 0.462. The van der Waals surface area contributed by atoms with E-state index in [9.17, 15) is 8.42 Å². The quantitative estimate of drug-likeness (QED) is 0.677. The molecule has 14 heavy (non-hydrogen) atoms. The Balaban J connectivity index is 2.41. The van der Waals surface area contributed by atoms with E-state index in [2.05, 4.69) is 12.2 Å². The Kier molecular flexibility index (Phi) is 4.34. The van der Waals surface area contributed by atoms with Crippen LogP contribution in [0.5, 0.6) is 0 Å². The van der Waals surface area contributed by atoms with Crippen molar-refractivity contribution in [3.8, 4) is 0 Å². The summed E-state index contributed by atoms with van der Waals surface area (Å²) in [6, 6.07) is 0. The number of hydrogen-bond acceptors (Lipinski definition) is 3. The highest BCUT2D eigenvalue weighted by molar-refractivity contribution is 7.89. The highest BCUT2D eigenvalue weighted by Crippen LogP contribution is 2.18. The number of nitrogens with one attached hydrogen (secondary N) is 1. The van der Waals surface area contributed by atoms with Crippen molar-refractivity contribution >= 4 is 10.0 Å². The molecule has 0 amide bonds. The van der Waals surface area contributed by atoms with E-state index in [-0.39, 0.29) is 5.75 Å². The van der Waals surface area contributed by atoms with Gasteiger partial charge in [0.1, 0.15) is 0 Å². The van der Waals surface area contributed by atoms with Crippen LogP contribution in [0.1, 0.15) is 19.8 Å². The van der Waals surface area contributed by atoms with Crippen LogP contribution in [-0.2, 0) is 10.0 Å². The van der Waals surface area contributed by atoms with Gasteiger partial charge in [0.25, 0.3) is 0 Å². The first-order chi connectivity index (χ1) is 6.56. The SMILES string of the molecule is CNCCCS(=O)(=O)N1CCC(C)C1. The monoisotopic (exact) mass is 220 g/mol. The molecule has 0 aromatic rings. The van der Waals surface area contributed by atoms with Gasteiger partial charge in [-0.3, -0.25) is 0 Å². The molecule has 0 spiro atoms. The van der Waals surface area contributed by atoms with E-state index in [1.54, 1.807) is 4.31 Å². The molecule has 5 heteroatoms. The minimum Gasteiger partial charge on any atom is -0.320 e. The van der Waals surface area contributed by atoms with E-state index >= 15 is 0 Å². The lowest BCUT2D eigenvalue weighted by Crippen LogP contribution is -2.31. The molecule has 4 nitrogen and oxygen atoms in total. The Morgan fingerprint density at radius 2 is 2.21 bits per heavy atom. The van der Waals surface area contributed by atoms with E-state index in [4.69, 9.17) is 0 Å². The fourth-order valence-corrected chi connectivity index (χ4v) is 3.34.